The molecule has 1 saturated heterocycles. The Kier molecular flexibility index (Phi) is 4.80. The number of carbonyl (C=O) groups is 1. The van der Waals surface area contributed by atoms with E-state index in [9.17, 15) is 4.79 Å². The van der Waals surface area contributed by atoms with E-state index < -0.39 is 0 Å². The predicted octanol–water partition coefficient (Wildman–Crippen LogP) is 2.08. The first kappa shape index (κ1) is 13.9. The monoisotopic (exact) mass is 263 g/mol. The second-order valence-corrected chi connectivity index (χ2v) is 4.95. The SMILES string of the molecule is COC(=O)C1CCCN(Cc2ccc(OC)cc2)C1. The van der Waals surface area contributed by atoms with Crippen LogP contribution in [0, 0.1) is 5.92 Å². The third kappa shape index (κ3) is 3.70. The van der Waals surface area contributed by atoms with Crippen LogP contribution in [0.2, 0.25) is 0 Å². The van der Waals surface area contributed by atoms with Gasteiger partial charge in [-0.15, -0.1) is 0 Å². The Balaban J connectivity index is 1.92. The van der Waals surface area contributed by atoms with Crippen molar-refractivity contribution in [2.24, 2.45) is 5.92 Å². The minimum Gasteiger partial charge on any atom is -0.497 e. The fourth-order valence-corrected chi connectivity index (χ4v) is 2.55. The van der Waals surface area contributed by atoms with Gasteiger partial charge in [-0.2, -0.15) is 0 Å². The highest BCUT2D eigenvalue weighted by molar-refractivity contribution is 5.72. The highest BCUT2D eigenvalue weighted by atomic mass is 16.5. The van der Waals surface area contributed by atoms with Gasteiger partial charge in [-0.05, 0) is 37.1 Å². The Hall–Kier alpha value is -1.55. The molecule has 4 nitrogen and oxygen atoms in total. The van der Waals surface area contributed by atoms with Crippen LogP contribution in [0.15, 0.2) is 24.3 Å². The van der Waals surface area contributed by atoms with Gasteiger partial charge in [0.15, 0.2) is 0 Å². The minimum absolute atomic E-state index is 0.0250. The third-order valence-corrected chi connectivity index (χ3v) is 3.61. The number of benzene rings is 1. The third-order valence-electron chi connectivity index (χ3n) is 3.61. The zero-order chi connectivity index (χ0) is 13.7. The molecular formula is C15H21NO3. The Morgan fingerprint density at radius 2 is 2.05 bits per heavy atom. The molecule has 0 saturated carbocycles. The van der Waals surface area contributed by atoms with Crippen molar-refractivity contribution in [1.82, 2.24) is 4.90 Å². The van der Waals surface area contributed by atoms with E-state index in [1.54, 1.807) is 7.11 Å². The molecule has 0 aromatic heterocycles. The summed E-state index contributed by atoms with van der Waals surface area (Å²) >= 11 is 0. The number of piperidine rings is 1. The molecular weight excluding hydrogens is 242 g/mol. The number of ether oxygens (including phenoxy) is 2. The van der Waals surface area contributed by atoms with Gasteiger partial charge in [-0.1, -0.05) is 12.1 Å². The topological polar surface area (TPSA) is 38.8 Å². The molecule has 104 valence electrons. The summed E-state index contributed by atoms with van der Waals surface area (Å²) in [7, 11) is 3.13. The highest BCUT2D eigenvalue weighted by Crippen LogP contribution is 2.20. The van der Waals surface area contributed by atoms with Crippen LogP contribution < -0.4 is 4.74 Å². The summed E-state index contributed by atoms with van der Waals surface area (Å²) in [5.74, 6) is 0.811. The van der Waals surface area contributed by atoms with Crippen molar-refractivity contribution >= 4 is 5.97 Å². The van der Waals surface area contributed by atoms with Crippen LogP contribution in [0.25, 0.3) is 0 Å². The van der Waals surface area contributed by atoms with Gasteiger partial charge in [0.2, 0.25) is 0 Å². The van der Waals surface area contributed by atoms with E-state index in [4.69, 9.17) is 9.47 Å². The summed E-state index contributed by atoms with van der Waals surface area (Å²) in [4.78, 5) is 13.9. The van der Waals surface area contributed by atoms with Crippen molar-refractivity contribution in [3.8, 4) is 5.75 Å². The van der Waals surface area contributed by atoms with E-state index in [-0.39, 0.29) is 11.9 Å². The smallest absolute Gasteiger partial charge is 0.309 e. The lowest BCUT2D eigenvalue weighted by Gasteiger charge is -2.31. The van der Waals surface area contributed by atoms with E-state index in [1.807, 2.05) is 12.1 Å². The number of esters is 1. The van der Waals surface area contributed by atoms with Gasteiger partial charge < -0.3 is 9.47 Å². The Morgan fingerprint density at radius 1 is 1.32 bits per heavy atom. The van der Waals surface area contributed by atoms with Crippen LogP contribution in [-0.4, -0.2) is 38.2 Å². The van der Waals surface area contributed by atoms with E-state index in [0.29, 0.717) is 0 Å². The Bertz CT molecular complexity index is 416. The summed E-state index contributed by atoms with van der Waals surface area (Å²) in [6.45, 7) is 2.70. The molecule has 1 fully saturated rings. The molecule has 1 aliphatic heterocycles. The summed E-state index contributed by atoms with van der Waals surface area (Å²) in [5.41, 5.74) is 1.24. The molecule has 19 heavy (non-hydrogen) atoms. The van der Waals surface area contributed by atoms with E-state index in [2.05, 4.69) is 17.0 Å². The lowest BCUT2D eigenvalue weighted by Crippen LogP contribution is -2.38. The Morgan fingerprint density at radius 3 is 2.68 bits per heavy atom. The first-order chi connectivity index (χ1) is 9.22. The van der Waals surface area contributed by atoms with Gasteiger partial charge >= 0.3 is 5.97 Å². The second-order valence-electron chi connectivity index (χ2n) is 4.95. The van der Waals surface area contributed by atoms with Crippen molar-refractivity contribution < 1.29 is 14.3 Å². The molecule has 0 spiro atoms. The summed E-state index contributed by atoms with van der Waals surface area (Å²) in [5, 5.41) is 0. The van der Waals surface area contributed by atoms with Gasteiger partial charge in [0.25, 0.3) is 0 Å². The maximum absolute atomic E-state index is 11.6. The van der Waals surface area contributed by atoms with E-state index in [0.717, 1.165) is 38.2 Å². The molecule has 0 aliphatic carbocycles. The van der Waals surface area contributed by atoms with Crippen molar-refractivity contribution in [3.63, 3.8) is 0 Å². The molecule has 1 aromatic carbocycles. The zero-order valence-electron chi connectivity index (χ0n) is 11.6. The first-order valence-corrected chi connectivity index (χ1v) is 6.66. The highest BCUT2D eigenvalue weighted by Gasteiger charge is 2.26. The van der Waals surface area contributed by atoms with Crippen molar-refractivity contribution in [3.05, 3.63) is 29.8 Å². The number of hydrogen-bond donors (Lipinski definition) is 0. The minimum atomic E-state index is -0.0839. The summed E-state index contributed by atoms with van der Waals surface area (Å²) in [6.07, 6.45) is 1.99. The first-order valence-electron chi connectivity index (χ1n) is 6.66. The number of hydrogen-bond acceptors (Lipinski definition) is 4. The molecule has 0 N–H and O–H groups in total. The number of methoxy groups -OCH3 is 2. The predicted molar refractivity (Wildman–Crippen MR) is 73.0 cm³/mol. The van der Waals surface area contributed by atoms with Crippen LogP contribution in [-0.2, 0) is 16.1 Å². The largest absolute Gasteiger partial charge is 0.497 e. The van der Waals surface area contributed by atoms with Crippen molar-refractivity contribution in [2.45, 2.75) is 19.4 Å². The molecule has 0 amide bonds. The zero-order valence-corrected chi connectivity index (χ0v) is 11.6. The number of carbonyl (C=O) groups excluding carboxylic acids is 1. The van der Waals surface area contributed by atoms with Gasteiger partial charge in [0.1, 0.15) is 5.75 Å². The lowest BCUT2D eigenvalue weighted by molar-refractivity contribution is -0.147. The van der Waals surface area contributed by atoms with E-state index in [1.165, 1.54) is 12.7 Å². The normalized spacial score (nSPS) is 20.0. The number of nitrogens with zero attached hydrogens (tertiary/aromatic N) is 1. The van der Waals surface area contributed by atoms with Gasteiger partial charge in [-0.25, -0.2) is 0 Å². The molecule has 2 rings (SSSR count). The van der Waals surface area contributed by atoms with Crippen molar-refractivity contribution in [2.75, 3.05) is 27.3 Å². The van der Waals surface area contributed by atoms with Gasteiger partial charge in [0.05, 0.1) is 20.1 Å². The second kappa shape index (κ2) is 6.57. The molecule has 1 aliphatic rings. The van der Waals surface area contributed by atoms with Crippen LogP contribution in [0.3, 0.4) is 0 Å². The summed E-state index contributed by atoms with van der Waals surface area (Å²) in [6, 6.07) is 8.08. The van der Waals surface area contributed by atoms with Crippen LogP contribution in [0.5, 0.6) is 5.75 Å². The summed E-state index contributed by atoms with van der Waals surface area (Å²) < 4.78 is 9.98. The molecule has 1 atom stereocenters. The van der Waals surface area contributed by atoms with Gasteiger partial charge in [0, 0.05) is 13.1 Å². The van der Waals surface area contributed by atoms with Crippen LogP contribution >= 0.6 is 0 Å². The fourth-order valence-electron chi connectivity index (χ4n) is 2.55. The average Bonchev–Trinajstić information content (AvgIpc) is 2.47. The van der Waals surface area contributed by atoms with Crippen LogP contribution in [0.1, 0.15) is 18.4 Å². The molecule has 1 aromatic rings. The number of rotatable bonds is 4. The molecule has 0 radical (unpaired) electrons. The van der Waals surface area contributed by atoms with Crippen molar-refractivity contribution in [1.29, 1.82) is 0 Å². The maximum atomic E-state index is 11.6. The molecule has 4 heteroatoms. The molecule has 0 bridgehead atoms. The van der Waals surface area contributed by atoms with E-state index >= 15 is 0 Å². The lowest BCUT2D eigenvalue weighted by atomic mass is 9.98. The fraction of sp³-hybridized carbons (Fsp3) is 0.533. The van der Waals surface area contributed by atoms with Gasteiger partial charge in [-0.3, -0.25) is 9.69 Å². The average molecular weight is 263 g/mol. The molecule has 1 unspecified atom stereocenters. The quantitative estimate of drug-likeness (QED) is 0.780. The molecule has 1 heterocycles. The standard InChI is InChI=1S/C15H21NO3/c1-18-14-7-5-12(6-8-14)10-16-9-3-4-13(11-16)15(17)19-2/h5-8,13H,3-4,9-11H2,1-2H3. The van der Waals surface area contributed by atoms with Crippen LogP contribution in [0.4, 0.5) is 0 Å². The Labute approximate surface area is 114 Å². The maximum Gasteiger partial charge on any atom is 0.309 e. The number of likely N-dealkylation sites (tertiary alicyclic amines) is 1.